The van der Waals surface area contributed by atoms with Gasteiger partial charge in [0.15, 0.2) is 5.54 Å². The molecule has 3 rings (SSSR count). The number of nitriles is 1. The Morgan fingerprint density at radius 3 is 2.30 bits per heavy atom. The molecule has 1 aliphatic heterocycles. The number of aryl methyl sites for hydroxylation is 1. The highest BCUT2D eigenvalue weighted by atomic mass is 32.1. The van der Waals surface area contributed by atoms with Crippen LogP contribution in [0.3, 0.4) is 0 Å². The molecule has 1 N–H and O–H groups in total. The first-order valence-electron chi connectivity index (χ1n) is 9.76. The number of nitrogens with one attached hydrogen (secondary N) is 1. The lowest BCUT2D eigenvalue weighted by Crippen LogP contribution is -2.58. The van der Waals surface area contributed by atoms with Crippen LogP contribution in [0.2, 0.25) is 0 Å². The number of halogens is 6. The summed E-state index contributed by atoms with van der Waals surface area (Å²) in [6, 6.07) is 9.61. The summed E-state index contributed by atoms with van der Waals surface area (Å²) in [5, 5.41) is 11.4. The fourth-order valence-electron chi connectivity index (χ4n) is 3.52. The van der Waals surface area contributed by atoms with Crippen molar-refractivity contribution in [2.45, 2.75) is 44.1 Å². The van der Waals surface area contributed by atoms with E-state index in [0.717, 1.165) is 17.0 Å². The van der Waals surface area contributed by atoms with E-state index in [1.807, 2.05) is 5.32 Å². The maximum atomic E-state index is 14.4. The van der Waals surface area contributed by atoms with Crippen molar-refractivity contribution in [3.05, 3.63) is 57.3 Å². The Labute approximate surface area is 189 Å². The maximum Gasteiger partial charge on any atom is 0.416 e. The van der Waals surface area contributed by atoms with Crippen molar-refractivity contribution in [3.8, 4) is 11.8 Å². The van der Waals surface area contributed by atoms with Crippen molar-refractivity contribution >= 4 is 22.8 Å². The third-order valence-electron chi connectivity index (χ3n) is 5.15. The summed E-state index contributed by atoms with van der Waals surface area (Å²) in [6.45, 7) is 1.50. The van der Waals surface area contributed by atoms with E-state index in [1.165, 1.54) is 23.5 Å². The molecule has 1 aliphatic rings. The lowest BCUT2D eigenvalue weighted by molar-refractivity contribution is -0.201. The second kappa shape index (κ2) is 9.09. The average Bonchev–Trinajstić information content (AvgIpc) is 3.15. The Kier molecular flexibility index (Phi) is 6.79. The lowest BCUT2D eigenvalue weighted by Gasteiger charge is -2.40. The zero-order valence-electron chi connectivity index (χ0n) is 17.2. The van der Waals surface area contributed by atoms with E-state index in [-0.39, 0.29) is 35.5 Å². The number of ether oxygens (including phenoxy) is 1. The fourth-order valence-corrected chi connectivity index (χ4v) is 4.44. The lowest BCUT2D eigenvalue weighted by atomic mass is 9.78. The van der Waals surface area contributed by atoms with Gasteiger partial charge in [0.1, 0.15) is 17.4 Å². The predicted molar refractivity (Wildman–Crippen MR) is 109 cm³/mol. The van der Waals surface area contributed by atoms with Gasteiger partial charge in [-0.05, 0) is 48.7 Å². The van der Waals surface area contributed by atoms with Crippen LogP contribution in [0, 0.1) is 18.3 Å². The summed E-state index contributed by atoms with van der Waals surface area (Å²) < 4.78 is 85.0. The molecule has 33 heavy (non-hydrogen) atoms. The molecule has 176 valence electrons. The Balaban J connectivity index is 1.92. The first kappa shape index (κ1) is 24.6. The van der Waals surface area contributed by atoms with Crippen molar-refractivity contribution < 1.29 is 35.9 Å². The summed E-state index contributed by atoms with van der Waals surface area (Å²) in [6.07, 6.45) is -11.2. The first-order chi connectivity index (χ1) is 15.4. The minimum Gasteiger partial charge on any atom is -0.494 e. The van der Waals surface area contributed by atoms with E-state index >= 15 is 0 Å². The van der Waals surface area contributed by atoms with Crippen molar-refractivity contribution in [2.24, 2.45) is 0 Å². The van der Waals surface area contributed by atoms with Gasteiger partial charge in [-0.15, -0.1) is 11.3 Å². The van der Waals surface area contributed by atoms with Gasteiger partial charge in [0.2, 0.25) is 0 Å². The van der Waals surface area contributed by atoms with Gasteiger partial charge in [-0.2, -0.15) is 31.6 Å². The van der Waals surface area contributed by atoms with Gasteiger partial charge in [-0.1, -0.05) is 12.1 Å². The van der Waals surface area contributed by atoms with Crippen molar-refractivity contribution in [1.29, 1.82) is 5.26 Å². The standard InChI is InChI=1S/C22H18F6N2O2S/c1-13-3-8-18(33-13)16-11-20(22(26,27)28,30-19(31)17(16)12-29)14-4-6-15(7-5-14)32-10-2-9-21(23,24)25/h3-8H,2,9-11H2,1H3,(H,30,31). The molecule has 1 aromatic heterocycles. The van der Waals surface area contributed by atoms with Crippen LogP contribution in [0.15, 0.2) is 42.0 Å². The highest BCUT2D eigenvalue weighted by Gasteiger charge is 2.59. The molecule has 2 aromatic rings. The zero-order valence-corrected chi connectivity index (χ0v) is 18.0. The van der Waals surface area contributed by atoms with Crippen LogP contribution in [0.1, 0.15) is 34.6 Å². The number of carbonyl (C=O) groups excluding carboxylic acids is 1. The largest absolute Gasteiger partial charge is 0.494 e. The van der Waals surface area contributed by atoms with E-state index in [9.17, 15) is 36.4 Å². The van der Waals surface area contributed by atoms with Gasteiger partial charge >= 0.3 is 12.4 Å². The van der Waals surface area contributed by atoms with Crippen LogP contribution in [-0.4, -0.2) is 24.9 Å². The molecule has 1 amide bonds. The Morgan fingerprint density at radius 1 is 1.12 bits per heavy atom. The summed E-state index contributed by atoms with van der Waals surface area (Å²) >= 11 is 1.18. The number of alkyl halides is 6. The van der Waals surface area contributed by atoms with Gasteiger partial charge in [0.25, 0.3) is 5.91 Å². The number of hydrogen-bond donors (Lipinski definition) is 1. The maximum absolute atomic E-state index is 14.4. The molecule has 0 saturated carbocycles. The third kappa shape index (κ3) is 5.33. The monoisotopic (exact) mass is 488 g/mol. The molecule has 11 heteroatoms. The normalized spacial score (nSPS) is 19.3. The quantitative estimate of drug-likeness (QED) is 0.399. The smallest absolute Gasteiger partial charge is 0.416 e. The van der Waals surface area contributed by atoms with Crippen LogP contribution in [0.5, 0.6) is 5.75 Å². The van der Waals surface area contributed by atoms with E-state index in [0.29, 0.717) is 4.88 Å². The molecule has 1 atom stereocenters. The van der Waals surface area contributed by atoms with Gasteiger partial charge in [-0.25, -0.2) is 0 Å². The van der Waals surface area contributed by atoms with Gasteiger partial charge in [-0.3, -0.25) is 4.79 Å². The molecular formula is C22H18F6N2O2S. The second-order valence-electron chi connectivity index (χ2n) is 7.50. The van der Waals surface area contributed by atoms with Crippen LogP contribution in [0.25, 0.3) is 5.57 Å². The number of hydrogen-bond acceptors (Lipinski definition) is 4. The van der Waals surface area contributed by atoms with Crippen LogP contribution in [0.4, 0.5) is 26.3 Å². The van der Waals surface area contributed by atoms with E-state index < -0.39 is 36.6 Å². The van der Waals surface area contributed by atoms with E-state index in [2.05, 4.69) is 0 Å². The Morgan fingerprint density at radius 2 is 1.79 bits per heavy atom. The number of thiophene rings is 1. The minimum absolute atomic E-state index is 0.00384. The number of amides is 1. The van der Waals surface area contributed by atoms with Crippen molar-refractivity contribution in [3.63, 3.8) is 0 Å². The van der Waals surface area contributed by atoms with Crippen LogP contribution in [-0.2, 0) is 10.3 Å². The van der Waals surface area contributed by atoms with Gasteiger partial charge in [0, 0.05) is 22.6 Å². The molecule has 0 saturated heterocycles. The topological polar surface area (TPSA) is 62.1 Å². The fraction of sp³-hybridized carbons (Fsp3) is 0.364. The Bertz CT molecular complexity index is 1100. The zero-order chi connectivity index (χ0) is 24.4. The average molecular weight is 488 g/mol. The summed E-state index contributed by atoms with van der Waals surface area (Å²) in [7, 11) is 0. The number of carbonyl (C=O) groups is 1. The number of rotatable bonds is 6. The third-order valence-corrected chi connectivity index (χ3v) is 6.21. The molecule has 0 fully saturated rings. The highest BCUT2D eigenvalue weighted by molar-refractivity contribution is 7.13. The van der Waals surface area contributed by atoms with Crippen molar-refractivity contribution in [2.75, 3.05) is 6.61 Å². The molecule has 4 nitrogen and oxygen atoms in total. The highest BCUT2D eigenvalue weighted by Crippen LogP contribution is 2.49. The minimum atomic E-state index is -4.91. The second-order valence-corrected chi connectivity index (χ2v) is 8.79. The van der Waals surface area contributed by atoms with E-state index in [4.69, 9.17) is 4.74 Å². The van der Waals surface area contributed by atoms with Crippen LogP contribution < -0.4 is 10.1 Å². The van der Waals surface area contributed by atoms with E-state index in [1.54, 1.807) is 25.1 Å². The number of nitrogens with zero attached hydrogens (tertiary/aromatic N) is 1. The summed E-state index contributed by atoms with van der Waals surface area (Å²) in [5.74, 6) is -1.03. The summed E-state index contributed by atoms with van der Waals surface area (Å²) in [5.41, 5.74) is -3.44. The molecular weight excluding hydrogens is 470 g/mol. The molecule has 1 unspecified atom stereocenters. The van der Waals surface area contributed by atoms with Gasteiger partial charge in [0.05, 0.1) is 6.61 Å². The Hall–Kier alpha value is -3.00. The molecule has 1 aromatic carbocycles. The predicted octanol–water partition coefficient (Wildman–Crippen LogP) is 6.03. The molecule has 2 heterocycles. The van der Waals surface area contributed by atoms with Gasteiger partial charge < -0.3 is 10.1 Å². The molecule has 0 radical (unpaired) electrons. The molecule has 0 spiro atoms. The number of benzene rings is 1. The van der Waals surface area contributed by atoms with Crippen LogP contribution >= 0.6 is 11.3 Å². The molecule has 0 bridgehead atoms. The molecule has 0 aliphatic carbocycles. The SMILES string of the molecule is Cc1ccc(C2=C(C#N)C(=O)NC(c3ccc(OCCCC(F)(F)F)cc3)(C(F)(F)F)C2)s1. The summed E-state index contributed by atoms with van der Waals surface area (Å²) in [4.78, 5) is 13.8. The van der Waals surface area contributed by atoms with Crippen molar-refractivity contribution in [1.82, 2.24) is 5.32 Å². The first-order valence-corrected chi connectivity index (χ1v) is 10.6.